The van der Waals surface area contributed by atoms with Crippen LogP contribution >= 0.6 is 0 Å². The van der Waals surface area contributed by atoms with Crippen molar-refractivity contribution < 1.29 is 5.21 Å². The zero-order valence-corrected chi connectivity index (χ0v) is 8.72. The van der Waals surface area contributed by atoms with E-state index in [1.165, 1.54) is 0 Å². The van der Waals surface area contributed by atoms with Gasteiger partial charge >= 0.3 is 0 Å². The molecule has 4 N–H and O–H groups in total. The lowest BCUT2D eigenvalue weighted by atomic mass is 10.1. The standard InChI is InChI=1S/C10H16N4O/c1-8(9-3-2-5-12-7-9)13-6-4-10(11)14-15/h2-3,5,7-8,13,15H,4,6H2,1H3,(H2,11,14)/t8-/m0/s1. The first-order valence-corrected chi connectivity index (χ1v) is 4.83. The Balaban J connectivity index is 2.34. The summed E-state index contributed by atoms with van der Waals surface area (Å²) in [4.78, 5) is 4.04. The minimum Gasteiger partial charge on any atom is -0.409 e. The summed E-state index contributed by atoms with van der Waals surface area (Å²) >= 11 is 0. The summed E-state index contributed by atoms with van der Waals surface area (Å²) in [5, 5.41) is 14.5. The van der Waals surface area contributed by atoms with Crippen LogP contribution < -0.4 is 11.1 Å². The van der Waals surface area contributed by atoms with Crippen molar-refractivity contribution in [3.05, 3.63) is 30.1 Å². The Bertz CT molecular complexity index is 312. The van der Waals surface area contributed by atoms with E-state index in [0.29, 0.717) is 13.0 Å². The summed E-state index contributed by atoms with van der Waals surface area (Å²) in [6.45, 7) is 2.72. The lowest BCUT2D eigenvalue weighted by Crippen LogP contribution is -2.24. The SMILES string of the molecule is C[C@H](NCC/C(N)=N/O)c1cccnc1. The molecular formula is C10H16N4O. The van der Waals surface area contributed by atoms with Crippen molar-refractivity contribution in [2.45, 2.75) is 19.4 Å². The quantitative estimate of drug-likeness (QED) is 0.290. The van der Waals surface area contributed by atoms with E-state index < -0.39 is 0 Å². The van der Waals surface area contributed by atoms with E-state index in [1.54, 1.807) is 6.20 Å². The van der Waals surface area contributed by atoms with E-state index in [2.05, 4.69) is 15.5 Å². The molecule has 5 nitrogen and oxygen atoms in total. The molecule has 0 unspecified atom stereocenters. The maximum atomic E-state index is 8.34. The van der Waals surface area contributed by atoms with Crippen LogP contribution in [0.1, 0.15) is 24.9 Å². The number of aromatic nitrogens is 1. The molecule has 1 rings (SSSR count). The van der Waals surface area contributed by atoms with Gasteiger partial charge in [0.05, 0.1) is 0 Å². The van der Waals surface area contributed by atoms with Crippen LogP contribution in [0.15, 0.2) is 29.7 Å². The Kier molecular flexibility index (Phi) is 4.56. The highest BCUT2D eigenvalue weighted by molar-refractivity contribution is 5.79. The largest absolute Gasteiger partial charge is 0.409 e. The van der Waals surface area contributed by atoms with Crippen LogP contribution in [0.25, 0.3) is 0 Å². The van der Waals surface area contributed by atoms with Gasteiger partial charge in [-0.3, -0.25) is 4.98 Å². The monoisotopic (exact) mass is 208 g/mol. The topological polar surface area (TPSA) is 83.5 Å². The van der Waals surface area contributed by atoms with E-state index in [4.69, 9.17) is 10.9 Å². The lowest BCUT2D eigenvalue weighted by molar-refractivity contribution is 0.316. The van der Waals surface area contributed by atoms with Crippen LogP contribution in [-0.4, -0.2) is 22.6 Å². The van der Waals surface area contributed by atoms with Crippen molar-refractivity contribution in [3.63, 3.8) is 0 Å². The Morgan fingerprint density at radius 1 is 1.73 bits per heavy atom. The molecule has 1 aromatic rings. The third kappa shape index (κ3) is 3.95. The van der Waals surface area contributed by atoms with Crippen molar-refractivity contribution in [2.75, 3.05) is 6.54 Å². The molecule has 15 heavy (non-hydrogen) atoms. The van der Waals surface area contributed by atoms with Gasteiger partial charge in [-0.1, -0.05) is 11.2 Å². The van der Waals surface area contributed by atoms with Gasteiger partial charge in [0, 0.05) is 31.4 Å². The van der Waals surface area contributed by atoms with E-state index in [9.17, 15) is 0 Å². The summed E-state index contributed by atoms with van der Waals surface area (Å²) in [6.07, 6.45) is 4.09. The van der Waals surface area contributed by atoms with Gasteiger partial charge in [-0.2, -0.15) is 0 Å². The summed E-state index contributed by atoms with van der Waals surface area (Å²) in [7, 11) is 0. The smallest absolute Gasteiger partial charge is 0.140 e. The molecule has 1 aromatic heterocycles. The molecule has 82 valence electrons. The van der Waals surface area contributed by atoms with E-state index in [0.717, 1.165) is 5.56 Å². The Hall–Kier alpha value is -1.62. The average Bonchev–Trinajstić information content (AvgIpc) is 2.29. The fraction of sp³-hybridized carbons (Fsp3) is 0.400. The first-order chi connectivity index (χ1) is 7.24. The van der Waals surface area contributed by atoms with Crippen molar-refractivity contribution in [1.29, 1.82) is 0 Å². The molecule has 0 saturated heterocycles. The maximum absolute atomic E-state index is 8.34. The van der Waals surface area contributed by atoms with Gasteiger partial charge in [-0.25, -0.2) is 0 Å². The fourth-order valence-corrected chi connectivity index (χ4v) is 1.22. The molecule has 0 aliphatic heterocycles. The highest BCUT2D eigenvalue weighted by Crippen LogP contribution is 2.08. The maximum Gasteiger partial charge on any atom is 0.140 e. The zero-order valence-electron chi connectivity index (χ0n) is 8.72. The summed E-state index contributed by atoms with van der Waals surface area (Å²) in [5.41, 5.74) is 6.47. The van der Waals surface area contributed by atoms with Crippen LogP contribution in [0.2, 0.25) is 0 Å². The summed E-state index contributed by atoms with van der Waals surface area (Å²) in [6, 6.07) is 4.12. The molecule has 1 heterocycles. The number of pyridine rings is 1. The third-order valence-electron chi connectivity index (χ3n) is 2.14. The number of oxime groups is 1. The second-order valence-corrected chi connectivity index (χ2v) is 3.30. The molecule has 0 bridgehead atoms. The number of hydrogen-bond acceptors (Lipinski definition) is 4. The highest BCUT2D eigenvalue weighted by atomic mass is 16.4. The third-order valence-corrected chi connectivity index (χ3v) is 2.14. The molecule has 0 spiro atoms. The number of amidine groups is 1. The number of nitrogens with zero attached hydrogens (tertiary/aromatic N) is 2. The number of nitrogens with two attached hydrogens (primary N) is 1. The number of hydrogen-bond donors (Lipinski definition) is 3. The molecule has 0 radical (unpaired) electrons. The van der Waals surface area contributed by atoms with Gasteiger partial charge in [0.25, 0.3) is 0 Å². The molecule has 0 saturated carbocycles. The molecule has 0 aromatic carbocycles. The number of rotatable bonds is 5. The van der Waals surface area contributed by atoms with E-state index >= 15 is 0 Å². The van der Waals surface area contributed by atoms with Crippen LogP contribution in [0, 0.1) is 0 Å². The van der Waals surface area contributed by atoms with Crippen LogP contribution in [-0.2, 0) is 0 Å². The van der Waals surface area contributed by atoms with E-state index in [1.807, 2.05) is 25.3 Å². The molecule has 0 aliphatic carbocycles. The van der Waals surface area contributed by atoms with Gasteiger partial charge < -0.3 is 16.3 Å². The van der Waals surface area contributed by atoms with Gasteiger partial charge in [0.15, 0.2) is 0 Å². The lowest BCUT2D eigenvalue weighted by Gasteiger charge is -2.12. The Labute approximate surface area is 89.0 Å². The van der Waals surface area contributed by atoms with Gasteiger partial charge in [0.1, 0.15) is 5.84 Å². The Morgan fingerprint density at radius 3 is 3.13 bits per heavy atom. The van der Waals surface area contributed by atoms with Crippen LogP contribution in [0.3, 0.4) is 0 Å². The minimum absolute atomic E-state index is 0.213. The van der Waals surface area contributed by atoms with Crippen molar-refractivity contribution in [1.82, 2.24) is 10.3 Å². The predicted molar refractivity (Wildman–Crippen MR) is 58.7 cm³/mol. The van der Waals surface area contributed by atoms with E-state index in [-0.39, 0.29) is 11.9 Å². The molecule has 5 heteroatoms. The number of nitrogens with one attached hydrogen (secondary N) is 1. The second kappa shape index (κ2) is 5.98. The van der Waals surface area contributed by atoms with Crippen molar-refractivity contribution in [2.24, 2.45) is 10.9 Å². The first kappa shape index (κ1) is 11.5. The molecular weight excluding hydrogens is 192 g/mol. The normalized spacial score (nSPS) is 13.8. The first-order valence-electron chi connectivity index (χ1n) is 4.83. The average molecular weight is 208 g/mol. The van der Waals surface area contributed by atoms with Gasteiger partial charge in [0.2, 0.25) is 0 Å². The molecule has 0 fully saturated rings. The van der Waals surface area contributed by atoms with Crippen molar-refractivity contribution in [3.8, 4) is 0 Å². The molecule has 1 atom stereocenters. The second-order valence-electron chi connectivity index (χ2n) is 3.30. The Morgan fingerprint density at radius 2 is 2.53 bits per heavy atom. The van der Waals surface area contributed by atoms with Crippen molar-refractivity contribution >= 4 is 5.84 Å². The molecule has 0 aliphatic rings. The fourth-order valence-electron chi connectivity index (χ4n) is 1.22. The van der Waals surface area contributed by atoms with Gasteiger partial charge in [-0.05, 0) is 18.6 Å². The summed E-state index contributed by atoms with van der Waals surface area (Å²) < 4.78 is 0. The highest BCUT2D eigenvalue weighted by Gasteiger charge is 2.03. The minimum atomic E-state index is 0.213. The zero-order chi connectivity index (χ0) is 11.1. The van der Waals surface area contributed by atoms with Crippen LogP contribution in [0.4, 0.5) is 0 Å². The predicted octanol–water partition coefficient (Wildman–Crippen LogP) is 0.869. The summed E-state index contributed by atoms with van der Waals surface area (Å²) in [5.74, 6) is 0.237. The van der Waals surface area contributed by atoms with Crippen LogP contribution in [0.5, 0.6) is 0 Å². The molecule has 0 amide bonds. The van der Waals surface area contributed by atoms with Gasteiger partial charge in [-0.15, -0.1) is 0 Å².